The SMILES string of the molecule is CC(C)(C)OC(=O)NCCCC(N)(C=O)C(F)F. The number of nitrogens with two attached hydrogens (primary N) is 1. The molecule has 0 saturated carbocycles. The highest BCUT2D eigenvalue weighted by Crippen LogP contribution is 2.16. The summed E-state index contributed by atoms with van der Waals surface area (Å²) < 4.78 is 29.8. The molecule has 3 N–H and O–H groups in total. The van der Waals surface area contributed by atoms with Crippen LogP contribution in [-0.2, 0) is 9.53 Å². The summed E-state index contributed by atoms with van der Waals surface area (Å²) in [5.74, 6) is 0. The average molecular weight is 266 g/mol. The van der Waals surface area contributed by atoms with Gasteiger partial charge >= 0.3 is 6.09 Å². The van der Waals surface area contributed by atoms with E-state index < -0.39 is 23.7 Å². The van der Waals surface area contributed by atoms with Crippen LogP contribution < -0.4 is 11.1 Å². The van der Waals surface area contributed by atoms with Crippen LogP contribution in [0.4, 0.5) is 13.6 Å². The normalized spacial score (nSPS) is 15.1. The second-order valence-corrected chi connectivity index (χ2v) is 5.06. The number of alkyl carbamates (subject to hydrolysis) is 1. The Bertz CT molecular complexity index is 293. The van der Waals surface area contributed by atoms with E-state index in [1.54, 1.807) is 20.8 Å². The Hall–Kier alpha value is -1.24. The summed E-state index contributed by atoms with van der Waals surface area (Å²) in [6.07, 6.45) is -3.54. The molecule has 0 aromatic rings. The number of nitrogens with one attached hydrogen (secondary N) is 1. The Kier molecular flexibility index (Phi) is 6.17. The molecule has 0 heterocycles. The molecule has 0 aromatic heterocycles. The Morgan fingerprint density at radius 2 is 2.00 bits per heavy atom. The molecule has 0 aliphatic carbocycles. The molecule has 0 fully saturated rings. The summed E-state index contributed by atoms with van der Waals surface area (Å²) >= 11 is 0. The van der Waals surface area contributed by atoms with Crippen LogP contribution in [0.5, 0.6) is 0 Å². The van der Waals surface area contributed by atoms with Crippen LogP contribution in [0.15, 0.2) is 0 Å². The van der Waals surface area contributed by atoms with Crippen LogP contribution >= 0.6 is 0 Å². The van der Waals surface area contributed by atoms with Crippen LogP contribution in [0.2, 0.25) is 0 Å². The zero-order valence-corrected chi connectivity index (χ0v) is 10.8. The maximum atomic E-state index is 12.4. The smallest absolute Gasteiger partial charge is 0.407 e. The fourth-order valence-corrected chi connectivity index (χ4v) is 1.12. The lowest BCUT2D eigenvalue weighted by molar-refractivity contribution is -0.117. The Morgan fingerprint density at radius 3 is 2.39 bits per heavy atom. The summed E-state index contributed by atoms with van der Waals surface area (Å²) in [5, 5.41) is 2.40. The molecule has 0 radical (unpaired) electrons. The molecule has 1 amide bonds. The molecule has 5 nitrogen and oxygen atoms in total. The van der Waals surface area contributed by atoms with Crippen molar-refractivity contribution in [3.05, 3.63) is 0 Å². The Morgan fingerprint density at radius 1 is 1.44 bits per heavy atom. The first-order chi connectivity index (χ1) is 8.10. The number of carbonyl (C=O) groups excluding carboxylic acids is 2. The number of alkyl halides is 2. The van der Waals surface area contributed by atoms with Gasteiger partial charge in [0.25, 0.3) is 6.43 Å². The maximum absolute atomic E-state index is 12.4. The lowest BCUT2D eigenvalue weighted by Crippen LogP contribution is -2.49. The van der Waals surface area contributed by atoms with Crippen molar-refractivity contribution < 1.29 is 23.1 Å². The van der Waals surface area contributed by atoms with Gasteiger partial charge in [-0.15, -0.1) is 0 Å². The van der Waals surface area contributed by atoms with E-state index >= 15 is 0 Å². The quantitative estimate of drug-likeness (QED) is 0.563. The molecule has 0 saturated heterocycles. The number of amides is 1. The molecule has 0 aromatic carbocycles. The molecule has 106 valence electrons. The van der Waals surface area contributed by atoms with Crippen molar-refractivity contribution in [1.29, 1.82) is 0 Å². The first-order valence-corrected chi connectivity index (χ1v) is 5.61. The second kappa shape index (κ2) is 6.63. The molecule has 1 atom stereocenters. The standard InChI is InChI=1S/C11H20F2N2O3/c1-10(2,3)18-9(17)15-6-4-5-11(14,7-16)8(12)13/h7-8H,4-6,14H2,1-3H3,(H,15,17). The highest BCUT2D eigenvalue weighted by molar-refractivity contribution is 5.67. The van der Waals surface area contributed by atoms with Crippen molar-refractivity contribution in [2.24, 2.45) is 5.73 Å². The third-order valence-electron chi connectivity index (χ3n) is 2.08. The predicted molar refractivity (Wildman–Crippen MR) is 62.5 cm³/mol. The van der Waals surface area contributed by atoms with Crippen molar-refractivity contribution in [2.45, 2.75) is 51.2 Å². The zero-order chi connectivity index (χ0) is 14.4. The van der Waals surface area contributed by atoms with E-state index in [1.807, 2.05) is 0 Å². The van der Waals surface area contributed by atoms with Gasteiger partial charge in [-0.3, -0.25) is 0 Å². The minimum atomic E-state index is -2.92. The summed E-state index contributed by atoms with van der Waals surface area (Å²) in [7, 11) is 0. The van der Waals surface area contributed by atoms with Crippen molar-refractivity contribution in [3.63, 3.8) is 0 Å². The van der Waals surface area contributed by atoms with Crippen LogP contribution in [0.1, 0.15) is 33.6 Å². The lowest BCUT2D eigenvalue weighted by atomic mass is 9.97. The number of rotatable bonds is 6. The summed E-state index contributed by atoms with van der Waals surface area (Å²) in [4.78, 5) is 21.7. The van der Waals surface area contributed by atoms with E-state index in [2.05, 4.69) is 5.32 Å². The predicted octanol–water partition coefficient (Wildman–Crippen LogP) is 1.45. The maximum Gasteiger partial charge on any atom is 0.407 e. The molecular formula is C11H20F2N2O3. The monoisotopic (exact) mass is 266 g/mol. The van der Waals surface area contributed by atoms with Gasteiger partial charge in [0, 0.05) is 6.54 Å². The number of hydrogen-bond donors (Lipinski definition) is 2. The molecule has 0 bridgehead atoms. The van der Waals surface area contributed by atoms with Gasteiger partial charge in [-0.2, -0.15) is 0 Å². The van der Waals surface area contributed by atoms with Gasteiger partial charge < -0.3 is 20.6 Å². The largest absolute Gasteiger partial charge is 0.444 e. The van der Waals surface area contributed by atoms with E-state index in [-0.39, 0.29) is 25.7 Å². The number of ether oxygens (including phenoxy) is 1. The zero-order valence-electron chi connectivity index (χ0n) is 10.8. The molecular weight excluding hydrogens is 246 g/mol. The van der Waals surface area contributed by atoms with Crippen LogP contribution in [-0.4, -0.2) is 36.5 Å². The van der Waals surface area contributed by atoms with Crippen molar-refractivity contribution >= 4 is 12.4 Å². The van der Waals surface area contributed by atoms with E-state index in [1.165, 1.54) is 0 Å². The van der Waals surface area contributed by atoms with E-state index in [0.717, 1.165) is 0 Å². The molecule has 18 heavy (non-hydrogen) atoms. The van der Waals surface area contributed by atoms with E-state index in [4.69, 9.17) is 10.5 Å². The average Bonchev–Trinajstić information content (AvgIpc) is 2.21. The molecule has 1 unspecified atom stereocenters. The van der Waals surface area contributed by atoms with Crippen LogP contribution in [0.25, 0.3) is 0 Å². The van der Waals surface area contributed by atoms with E-state index in [0.29, 0.717) is 0 Å². The van der Waals surface area contributed by atoms with Gasteiger partial charge in [0.1, 0.15) is 17.4 Å². The number of halogens is 2. The lowest BCUT2D eigenvalue weighted by Gasteiger charge is -2.22. The van der Waals surface area contributed by atoms with Gasteiger partial charge in [0.2, 0.25) is 0 Å². The van der Waals surface area contributed by atoms with Crippen molar-refractivity contribution in [1.82, 2.24) is 5.32 Å². The molecule has 0 rings (SSSR count). The van der Waals surface area contributed by atoms with E-state index in [9.17, 15) is 18.4 Å². The third kappa shape index (κ3) is 6.48. The van der Waals surface area contributed by atoms with Crippen LogP contribution in [0.3, 0.4) is 0 Å². The molecule has 0 aliphatic rings. The molecule has 0 aliphatic heterocycles. The highest BCUT2D eigenvalue weighted by atomic mass is 19.3. The first-order valence-electron chi connectivity index (χ1n) is 5.61. The van der Waals surface area contributed by atoms with Gasteiger partial charge in [0.15, 0.2) is 0 Å². The number of carbonyl (C=O) groups is 2. The molecule has 0 spiro atoms. The Balaban J connectivity index is 3.93. The van der Waals surface area contributed by atoms with Gasteiger partial charge in [-0.1, -0.05) is 0 Å². The van der Waals surface area contributed by atoms with Crippen LogP contribution in [0, 0.1) is 0 Å². The fourth-order valence-electron chi connectivity index (χ4n) is 1.12. The second-order valence-electron chi connectivity index (χ2n) is 5.06. The summed E-state index contributed by atoms with van der Waals surface area (Å²) in [6.45, 7) is 5.25. The minimum absolute atomic E-state index is 0.0468. The van der Waals surface area contributed by atoms with Gasteiger partial charge in [-0.25, -0.2) is 13.6 Å². The molecule has 7 heteroatoms. The minimum Gasteiger partial charge on any atom is -0.444 e. The number of aldehydes is 1. The highest BCUT2D eigenvalue weighted by Gasteiger charge is 2.34. The number of hydrogen-bond acceptors (Lipinski definition) is 4. The summed E-state index contributed by atoms with van der Waals surface area (Å²) in [5.41, 5.74) is 2.44. The third-order valence-corrected chi connectivity index (χ3v) is 2.08. The summed E-state index contributed by atoms with van der Waals surface area (Å²) in [6, 6.07) is 0. The van der Waals surface area contributed by atoms with Gasteiger partial charge in [-0.05, 0) is 33.6 Å². The van der Waals surface area contributed by atoms with Crippen molar-refractivity contribution in [3.8, 4) is 0 Å². The fraction of sp³-hybridized carbons (Fsp3) is 0.818. The van der Waals surface area contributed by atoms with Gasteiger partial charge in [0.05, 0.1) is 0 Å². The topological polar surface area (TPSA) is 81.4 Å². The first kappa shape index (κ1) is 16.8. The van der Waals surface area contributed by atoms with Crippen molar-refractivity contribution in [2.75, 3.05) is 6.54 Å². The Labute approximate surface area is 105 Å².